The number of anilines is 1. The van der Waals surface area contributed by atoms with Gasteiger partial charge in [-0.05, 0) is 30.0 Å². The highest BCUT2D eigenvalue weighted by atomic mass is 16.5. The number of para-hydroxylation sites is 1. The van der Waals surface area contributed by atoms with Crippen LogP contribution in [0.1, 0.15) is 29.7 Å². The van der Waals surface area contributed by atoms with Gasteiger partial charge in [-0.15, -0.1) is 0 Å². The molecule has 4 rings (SSSR count). The molecule has 0 saturated heterocycles. The summed E-state index contributed by atoms with van der Waals surface area (Å²) in [6.07, 6.45) is 2.72. The highest BCUT2D eigenvalue weighted by Gasteiger charge is 2.49. The van der Waals surface area contributed by atoms with Gasteiger partial charge in [-0.1, -0.05) is 53.7 Å². The van der Waals surface area contributed by atoms with Crippen molar-refractivity contribution in [3.05, 3.63) is 83.7 Å². The molecule has 3 aromatic rings. The lowest BCUT2D eigenvalue weighted by molar-refractivity contribution is -0.124. The molecule has 0 fully saturated rings. The number of amides is 2. The summed E-state index contributed by atoms with van der Waals surface area (Å²) in [5, 5.41) is 6.65. The van der Waals surface area contributed by atoms with Gasteiger partial charge in [0, 0.05) is 25.2 Å². The van der Waals surface area contributed by atoms with Crippen molar-refractivity contribution >= 4 is 17.5 Å². The maximum Gasteiger partial charge on any atom is 0.237 e. The number of benzene rings is 2. The first-order valence-electron chi connectivity index (χ1n) is 9.68. The first-order chi connectivity index (χ1) is 14.1. The lowest BCUT2D eigenvalue weighted by atomic mass is 9.73. The van der Waals surface area contributed by atoms with Gasteiger partial charge >= 0.3 is 0 Å². The summed E-state index contributed by atoms with van der Waals surface area (Å²) in [5.74, 6) is -0.0767. The highest BCUT2D eigenvalue weighted by molar-refractivity contribution is 6.08. The number of hydrogen-bond donors (Lipinski definition) is 1. The molecular weight excluding hydrogens is 366 g/mol. The molecule has 0 spiro atoms. The third-order valence-corrected chi connectivity index (χ3v) is 5.58. The van der Waals surface area contributed by atoms with Crippen LogP contribution in [0.5, 0.6) is 0 Å². The van der Waals surface area contributed by atoms with Crippen LogP contribution >= 0.6 is 0 Å². The number of rotatable bonds is 7. The molecule has 2 heterocycles. The number of nitrogens with zero attached hydrogens (tertiary/aromatic N) is 2. The molecule has 0 aliphatic carbocycles. The Labute approximate surface area is 169 Å². The second-order valence-corrected chi connectivity index (χ2v) is 7.39. The van der Waals surface area contributed by atoms with E-state index in [1.807, 2.05) is 54.6 Å². The van der Waals surface area contributed by atoms with E-state index in [4.69, 9.17) is 4.52 Å². The Morgan fingerprint density at radius 1 is 1.10 bits per heavy atom. The lowest BCUT2D eigenvalue weighted by Crippen LogP contribution is -2.41. The topological polar surface area (TPSA) is 75.4 Å². The number of fused-ring (bicyclic) bond motifs is 1. The minimum Gasteiger partial charge on any atom is -0.364 e. The number of carbonyl (C=O) groups excluding carboxylic acids is 2. The zero-order valence-electron chi connectivity index (χ0n) is 16.3. The summed E-state index contributed by atoms with van der Waals surface area (Å²) in [6.45, 7) is 0.311. The van der Waals surface area contributed by atoms with E-state index in [9.17, 15) is 9.59 Å². The number of hydrogen-bond acceptors (Lipinski definition) is 4. The SMILES string of the molecule is CN1C(=O)[C@](CCC(=O)NCc2ccon2)(Cc2ccccc2)c2ccccc21. The van der Waals surface area contributed by atoms with Crippen molar-refractivity contribution in [3.8, 4) is 0 Å². The van der Waals surface area contributed by atoms with Gasteiger partial charge in [-0.2, -0.15) is 0 Å². The molecule has 148 valence electrons. The van der Waals surface area contributed by atoms with Gasteiger partial charge in [0.2, 0.25) is 11.8 Å². The molecule has 2 amide bonds. The van der Waals surface area contributed by atoms with Gasteiger partial charge in [-0.3, -0.25) is 9.59 Å². The smallest absolute Gasteiger partial charge is 0.237 e. The fraction of sp³-hybridized carbons (Fsp3) is 0.261. The van der Waals surface area contributed by atoms with Crippen molar-refractivity contribution in [1.82, 2.24) is 10.5 Å². The molecule has 1 aliphatic heterocycles. The van der Waals surface area contributed by atoms with Gasteiger partial charge in [0.25, 0.3) is 0 Å². The predicted molar refractivity (Wildman–Crippen MR) is 109 cm³/mol. The Balaban J connectivity index is 1.58. The Morgan fingerprint density at radius 3 is 2.62 bits per heavy atom. The molecule has 0 bridgehead atoms. The van der Waals surface area contributed by atoms with Crippen LogP contribution in [0.3, 0.4) is 0 Å². The normalized spacial score (nSPS) is 18.0. The maximum absolute atomic E-state index is 13.4. The summed E-state index contributed by atoms with van der Waals surface area (Å²) in [7, 11) is 1.80. The van der Waals surface area contributed by atoms with E-state index >= 15 is 0 Å². The van der Waals surface area contributed by atoms with Crippen LogP contribution in [0.2, 0.25) is 0 Å². The lowest BCUT2D eigenvalue weighted by Gasteiger charge is -2.28. The van der Waals surface area contributed by atoms with Crippen LogP contribution in [0.4, 0.5) is 5.69 Å². The predicted octanol–water partition coefficient (Wildman–Crippen LogP) is 3.23. The third kappa shape index (κ3) is 3.66. The highest BCUT2D eigenvalue weighted by Crippen LogP contribution is 2.46. The minimum absolute atomic E-state index is 0.0341. The van der Waals surface area contributed by atoms with Crippen LogP contribution in [0.25, 0.3) is 0 Å². The van der Waals surface area contributed by atoms with E-state index in [-0.39, 0.29) is 18.2 Å². The molecule has 6 heteroatoms. The molecule has 0 unspecified atom stereocenters. The largest absolute Gasteiger partial charge is 0.364 e. The first kappa shape index (κ1) is 18.9. The van der Waals surface area contributed by atoms with Crippen LogP contribution in [-0.4, -0.2) is 24.0 Å². The zero-order valence-corrected chi connectivity index (χ0v) is 16.3. The molecule has 1 N–H and O–H groups in total. The first-order valence-corrected chi connectivity index (χ1v) is 9.68. The molecular formula is C23H23N3O3. The molecule has 1 aliphatic rings. The number of nitrogens with one attached hydrogen (secondary N) is 1. The molecule has 0 radical (unpaired) electrons. The van der Waals surface area contributed by atoms with Crippen molar-refractivity contribution in [2.75, 3.05) is 11.9 Å². The molecule has 2 aromatic carbocycles. The summed E-state index contributed by atoms with van der Waals surface area (Å²) in [6, 6.07) is 19.5. The minimum atomic E-state index is -0.752. The Morgan fingerprint density at radius 2 is 1.86 bits per heavy atom. The second kappa shape index (κ2) is 7.91. The zero-order chi connectivity index (χ0) is 20.3. The number of likely N-dealkylation sites (N-methyl/N-ethyl adjacent to an activating group) is 1. The average molecular weight is 389 g/mol. The Bertz CT molecular complexity index is 1000. The van der Waals surface area contributed by atoms with Gasteiger partial charge in [0.15, 0.2) is 0 Å². The van der Waals surface area contributed by atoms with E-state index in [2.05, 4.69) is 10.5 Å². The summed E-state index contributed by atoms with van der Waals surface area (Å²) >= 11 is 0. The second-order valence-electron chi connectivity index (χ2n) is 7.39. The van der Waals surface area contributed by atoms with E-state index in [1.165, 1.54) is 6.26 Å². The van der Waals surface area contributed by atoms with Crippen molar-refractivity contribution in [3.63, 3.8) is 0 Å². The summed E-state index contributed by atoms with van der Waals surface area (Å²) in [4.78, 5) is 27.6. The molecule has 1 atom stereocenters. The van der Waals surface area contributed by atoms with Crippen molar-refractivity contribution < 1.29 is 14.1 Å². The van der Waals surface area contributed by atoms with Gasteiger partial charge in [0.05, 0.1) is 12.0 Å². The Kier molecular flexibility index (Phi) is 5.16. The molecule has 1 aromatic heterocycles. The maximum atomic E-state index is 13.4. The Hall–Kier alpha value is -3.41. The van der Waals surface area contributed by atoms with Crippen LogP contribution in [-0.2, 0) is 28.0 Å². The average Bonchev–Trinajstić information content (AvgIpc) is 3.34. The van der Waals surface area contributed by atoms with Crippen LogP contribution in [0, 0.1) is 0 Å². The summed E-state index contributed by atoms with van der Waals surface area (Å²) < 4.78 is 4.78. The molecule has 29 heavy (non-hydrogen) atoms. The number of aromatic nitrogens is 1. The van der Waals surface area contributed by atoms with E-state index in [0.29, 0.717) is 25.1 Å². The molecule has 6 nitrogen and oxygen atoms in total. The van der Waals surface area contributed by atoms with Gasteiger partial charge in [-0.25, -0.2) is 0 Å². The van der Waals surface area contributed by atoms with E-state index < -0.39 is 5.41 Å². The van der Waals surface area contributed by atoms with E-state index in [1.54, 1.807) is 18.0 Å². The van der Waals surface area contributed by atoms with Crippen LogP contribution < -0.4 is 10.2 Å². The van der Waals surface area contributed by atoms with Crippen molar-refractivity contribution in [2.24, 2.45) is 0 Å². The fourth-order valence-electron chi connectivity index (χ4n) is 4.09. The summed E-state index contributed by atoms with van der Waals surface area (Å²) in [5.41, 5.74) is 2.89. The monoisotopic (exact) mass is 389 g/mol. The van der Waals surface area contributed by atoms with Gasteiger partial charge < -0.3 is 14.7 Å². The third-order valence-electron chi connectivity index (χ3n) is 5.58. The fourth-order valence-corrected chi connectivity index (χ4v) is 4.09. The van der Waals surface area contributed by atoms with Crippen molar-refractivity contribution in [2.45, 2.75) is 31.2 Å². The molecule has 0 saturated carbocycles. The van der Waals surface area contributed by atoms with E-state index in [0.717, 1.165) is 16.8 Å². The number of carbonyl (C=O) groups is 2. The van der Waals surface area contributed by atoms with Gasteiger partial charge in [0.1, 0.15) is 12.0 Å². The quantitative estimate of drug-likeness (QED) is 0.673. The standard InChI is InChI=1S/C23H23N3O3/c1-26-20-10-6-5-9-19(20)23(22(26)28,15-17-7-3-2-4-8-17)13-11-21(27)24-16-18-12-14-29-25-18/h2-10,12,14H,11,13,15-16H2,1H3,(H,24,27)/t23-/m1/s1. The van der Waals surface area contributed by atoms with Crippen LogP contribution in [0.15, 0.2) is 71.4 Å². The van der Waals surface area contributed by atoms with Crippen molar-refractivity contribution in [1.29, 1.82) is 0 Å².